The highest BCUT2D eigenvalue weighted by Gasteiger charge is 2.27. The van der Waals surface area contributed by atoms with Gasteiger partial charge in [-0.15, -0.1) is 10.2 Å². The standard InChI is InChI=1S/C23H20N6O7/c1-13(26-11-19(22(31)24-26)15-3-7-17(8-4-15)28(33)34)21(30)14(2)27-12-20(23(32)25-27)16-5-9-18(10-6-16)29(35)36/h3-14H,1-2H3,(H,24,31)(H,25,32). The van der Waals surface area contributed by atoms with E-state index >= 15 is 0 Å². The van der Waals surface area contributed by atoms with Crippen LogP contribution in [0.3, 0.4) is 0 Å². The maximum absolute atomic E-state index is 13.2. The number of rotatable bonds is 8. The van der Waals surface area contributed by atoms with Crippen LogP contribution in [0.1, 0.15) is 25.9 Å². The van der Waals surface area contributed by atoms with Crippen LogP contribution in [0.25, 0.3) is 22.3 Å². The number of carbonyl (C=O) groups is 1. The first-order valence-corrected chi connectivity index (χ1v) is 10.7. The smallest absolute Gasteiger partial charge is 0.269 e. The van der Waals surface area contributed by atoms with Crippen LogP contribution in [0.4, 0.5) is 11.4 Å². The molecule has 0 aliphatic rings. The lowest BCUT2D eigenvalue weighted by Gasteiger charge is -2.16. The minimum Gasteiger partial charge on any atom is -0.492 e. The summed E-state index contributed by atoms with van der Waals surface area (Å²) in [5.41, 5.74) is 1.38. The summed E-state index contributed by atoms with van der Waals surface area (Å²) in [6, 6.07) is 9.44. The van der Waals surface area contributed by atoms with Crippen molar-refractivity contribution >= 4 is 17.2 Å². The fourth-order valence-electron chi connectivity index (χ4n) is 3.70. The van der Waals surface area contributed by atoms with Gasteiger partial charge >= 0.3 is 0 Å². The lowest BCUT2D eigenvalue weighted by molar-refractivity contribution is -0.385. The van der Waals surface area contributed by atoms with Gasteiger partial charge in [0.1, 0.15) is 12.1 Å². The number of carbonyl (C=O) groups excluding carboxylic acids is 1. The van der Waals surface area contributed by atoms with Crippen molar-refractivity contribution in [2.75, 3.05) is 0 Å². The molecule has 184 valence electrons. The second-order valence-electron chi connectivity index (χ2n) is 8.06. The second kappa shape index (κ2) is 9.29. The van der Waals surface area contributed by atoms with Crippen molar-refractivity contribution in [1.82, 2.24) is 19.6 Å². The van der Waals surface area contributed by atoms with E-state index in [1.807, 2.05) is 0 Å². The first-order valence-electron chi connectivity index (χ1n) is 10.7. The highest BCUT2D eigenvalue weighted by molar-refractivity contribution is 5.86. The summed E-state index contributed by atoms with van der Waals surface area (Å²) >= 11 is 0. The molecule has 4 aromatic rings. The molecule has 2 N–H and O–H groups in total. The van der Waals surface area contributed by atoms with Gasteiger partial charge in [-0.25, -0.2) is 0 Å². The van der Waals surface area contributed by atoms with Gasteiger partial charge in [0.2, 0.25) is 11.8 Å². The number of aromatic nitrogens is 4. The number of benzene rings is 2. The number of hydrogen-bond donors (Lipinski definition) is 2. The van der Waals surface area contributed by atoms with E-state index in [0.717, 1.165) is 0 Å². The van der Waals surface area contributed by atoms with E-state index in [2.05, 4.69) is 10.2 Å². The van der Waals surface area contributed by atoms with Crippen LogP contribution in [0.2, 0.25) is 0 Å². The zero-order valence-corrected chi connectivity index (χ0v) is 19.0. The third-order valence-electron chi connectivity index (χ3n) is 5.82. The molecular formula is C23H20N6O7. The van der Waals surface area contributed by atoms with Crippen LogP contribution in [0.5, 0.6) is 11.8 Å². The van der Waals surface area contributed by atoms with Crippen LogP contribution >= 0.6 is 0 Å². The predicted molar refractivity (Wildman–Crippen MR) is 126 cm³/mol. The second-order valence-corrected chi connectivity index (χ2v) is 8.06. The van der Waals surface area contributed by atoms with Crippen molar-refractivity contribution in [2.24, 2.45) is 0 Å². The Labute approximate surface area is 203 Å². The molecule has 13 nitrogen and oxygen atoms in total. The van der Waals surface area contributed by atoms with Crippen LogP contribution in [0.15, 0.2) is 60.9 Å². The molecule has 0 saturated carbocycles. The lowest BCUT2D eigenvalue weighted by atomic mass is 10.1. The molecule has 0 saturated heterocycles. The molecule has 2 aromatic carbocycles. The Kier molecular flexibility index (Phi) is 6.21. The van der Waals surface area contributed by atoms with Crippen LogP contribution in [0, 0.1) is 20.2 Å². The Balaban J connectivity index is 1.55. The van der Waals surface area contributed by atoms with Gasteiger partial charge in [-0.1, -0.05) is 0 Å². The Morgan fingerprint density at radius 3 is 1.39 bits per heavy atom. The number of nitro groups is 2. The molecule has 0 spiro atoms. The van der Waals surface area contributed by atoms with E-state index in [9.17, 15) is 35.2 Å². The Bertz CT molecular complexity index is 1350. The number of non-ortho nitro benzene ring substituents is 2. The molecule has 36 heavy (non-hydrogen) atoms. The summed E-state index contributed by atoms with van der Waals surface area (Å²) in [6.07, 6.45) is 2.93. The topological polar surface area (TPSA) is 179 Å². The van der Waals surface area contributed by atoms with Gasteiger partial charge in [-0.3, -0.25) is 34.4 Å². The average molecular weight is 492 g/mol. The van der Waals surface area contributed by atoms with E-state index in [1.54, 1.807) is 13.8 Å². The van der Waals surface area contributed by atoms with E-state index < -0.39 is 21.9 Å². The normalized spacial score (nSPS) is 12.7. The fraction of sp³-hybridized carbons (Fsp3) is 0.174. The molecular weight excluding hydrogens is 472 g/mol. The summed E-state index contributed by atoms with van der Waals surface area (Å²) in [4.78, 5) is 33.8. The molecule has 2 unspecified atom stereocenters. The van der Waals surface area contributed by atoms with E-state index in [4.69, 9.17) is 0 Å². The van der Waals surface area contributed by atoms with Gasteiger partial charge in [0, 0.05) is 36.7 Å². The fourth-order valence-corrected chi connectivity index (χ4v) is 3.70. The maximum Gasteiger partial charge on any atom is 0.269 e. The number of Topliss-reactive ketones (excluding diaryl/α,β-unsaturated/α-hetero) is 1. The van der Waals surface area contributed by atoms with Crippen molar-refractivity contribution < 1.29 is 24.9 Å². The summed E-state index contributed by atoms with van der Waals surface area (Å²) in [5, 5.41) is 50.4. The summed E-state index contributed by atoms with van der Waals surface area (Å²) in [5.74, 6) is -1.01. The molecule has 2 atom stereocenters. The molecule has 0 bridgehead atoms. The number of nitrogens with zero attached hydrogens (tertiary/aromatic N) is 6. The average Bonchev–Trinajstić information content (AvgIpc) is 3.45. The van der Waals surface area contributed by atoms with Crippen LogP contribution in [-0.2, 0) is 4.79 Å². The molecule has 2 aromatic heterocycles. The molecule has 0 aliphatic heterocycles. The van der Waals surface area contributed by atoms with Crippen molar-refractivity contribution in [3.8, 4) is 34.0 Å². The highest BCUT2D eigenvalue weighted by atomic mass is 16.6. The van der Waals surface area contributed by atoms with Gasteiger partial charge in [0.05, 0.1) is 21.0 Å². The quantitative estimate of drug-likeness (QED) is 0.271. The minimum atomic E-state index is -0.827. The number of ketones is 1. The van der Waals surface area contributed by atoms with Gasteiger partial charge in [0.15, 0.2) is 5.78 Å². The maximum atomic E-state index is 13.2. The monoisotopic (exact) mass is 492 g/mol. The van der Waals surface area contributed by atoms with Gasteiger partial charge in [-0.2, -0.15) is 0 Å². The van der Waals surface area contributed by atoms with E-state index in [1.165, 1.54) is 70.3 Å². The van der Waals surface area contributed by atoms with Crippen LogP contribution in [-0.4, -0.2) is 45.4 Å². The molecule has 0 aliphatic carbocycles. The summed E-state index contributed by atoms with van der Waals surface area (Å²) in [6.45, 7) is 3.18. The zero-order chi connectivity index (χ0) is 26.1. The summed E-state index contributed by atoms with van der Waals surface area (Å²) < 4.78 is 2.57. The first kappa shape index (κ1) is 24.1. The number of aromatic hydroxyl groups is 2. The largest absolute Gasteiger partial charge is 0.492 e. The van der Waals surface area contributed by atoms with Crippen molar-refractivity contribution in [1.29, 1.82) is 0 Å². The lowest BCUT2D eigenvalue weighted by Crippen LogP contribution is -2.25. The van der Waals surface area contributed by atoms with Gasteiger partial charge in [-0.05, 0) is 49.2 Å². The number of hydrogen-bond acceptors (Lipinski definition) is 9. The Morgan fingerprint density at radius 1 is 0.750 bits per heavy atom. The minimum absolute atomic E-state index is 0.0985. The van der Waals surface area contributed by atoms with Crippen molar-refractivity contribution in [3.05, 3.63) is 81.2 Å². The SMILES string of the molecule is CC(C(=O)C(C)n1cc(-c2ccc([N+](=O)[O-])cc2)c(O)n1)n1cc(-c2ccc([N+](=O)[O-])cc2)c(O)n1. The molecule has 0 radical (unpaired) electrons. The van der Waals surface area contributed by atoms with E-state index in [0.29, 0.717) is 22.3 Å². The third kappa shape index (κ3) is 4.49. The predicted octanol–water partition coefficient (Wildman–Crippen LogP) is 4.03. The van der Waals surface area contributed by atoms with Gasteiger partial charge in [0.25, 0.3) is 11.4 Å². The molecule has 13 heteroatoms. The van der Waals surface area contributed by atoms with Crippen molar-refractivity contribution in [3.63, 3.8) is 0 Å². The Morgan fingerprint density at radius 2 is 1.08 bits per heavy atom. The first-order chi connectivity index (χ1) is 17.1. The highest BCUT2D eigenvalue weighted by Crippen LogP contribution is 2.33. The number of nitro benzene ring substituents is 2. The molecule has 0 amide bonds. The molecule has 4 rings (SSSR count). The Hall–Kier alpha value is -5.07. The zero-order valence-electron chi connectivity index (χ0n) is 19.0. The van der Waals surface area contributed by atoms with E-state index in [-0.39, 0.29) is 28.9 Å². The summed E-state index contributed by atoms with van der Waals surface area (Å²) in [7, 11) is 0. The molecule has 0 fully saturated rings. The van der Waals surface area contributed by atoms with Crippen molar-refractivity contribution in [2.45, 2.75) is 25.9 Å². The molecule has 2 heterocycles. The van der Waals surface area contributed by atoms with Crippen LogP contribution < -0.4 is 0 Å². The van der Waals surface area contributed by atoms with Gasteiger partial charge < -0.3 is 10.2 Å². The third-order valence-corrected chi connectivity index (χ3v) is 5.82.